The van der Waals surface area contributed by atoms with Gasteiger partial charge in [0.15, 0.2) is 0 Å². The summed E-state index contributed by atoms with van der Waals surface area (Å²) in [4.78, 5) is 0. The molecule has 2 nitrogen and oxygen atoms in total. The second kappa shape index (κ2) is 4.55. The number of nitrogens with one attached hydrogen (secondary N) is 1. The molecule has 0 aromatic carbocycles. The summed E-state index contributed by atoms with van der Waals surface area (Å²) >= 11 is 0. The van der Waals surface area contributed by atoms with Crippen LogP contribution in [0, 0.1) is 5.41 Å². The van der Waals surface area contributed by atoms with Crippen molar-refractivity contribution in [2.24, 2.45) is 5.41 Å². The van der Waals surface area contributed by atoms with Gasteiger partial charge in [-0.1, -0.05) is 19.8 Å². The molecular weight excluding hydrogens is 210 g/mol. The van der Waals surface area contributed by atoms with E-state index in [0.29, 0.717) is 11.0 Å². The first-order valence-electron chi connectivity index (χ1n) is 7.57. The molecule has 1 saturated heterocycles. The van der Waals surface area contributed by atoms with E-state index >= 15 is 0 Å². The van der Waals surface area contributed by atoms with E-state index in [1.165, 1.54) is 64.3 Å². The summed E-state index contributed by atoms with van der Waals surface area (Å²) in [5.41, 5.74) is 0.886. The average Bonchev–Trinajstić information content (AvgIpc) is 2.73. The van der Waals surface area contributed by atoms with Crippen LogP contribution in [0.3, 0.4) is 0 Å². The van der Waals surface area contributed by atoms with Crippen LogP contribution >= 0.6 is 0 Å². The molecule has 1 unspecified atom stereocenters. The second-order valence-corrected chi connectivity index (χ2v) is 6.97. The third-order valence-corrected chi connectivity index (χ3v) is 5.39. The van der Waals surface area contributed by atoms with Gasteiger partial charge in [-0.3, -0.25) is 0 Å². The normalized spacial score (nSPS) is 34.8. The molecule has 2 heteroatoms. The molecule has 2 aliphatic carbocycles. The molecule has 0 amide bonds. The van der Waals surface area contributed by atoms with E-state index in [4.69, 9.17) is 4.74 Å². The standard InChI is InChI=1S/C15H27NO/c1-14(6-2-3-7-14)12-16-13-5-10-17-15(11-13)8-4-9-15/h13,16H,2-12H2,1H3. The van der Waals surface area contributed by atoms with Crippen LogP contribution in [-0.2, 0) is 4.74 Å². The van der Waals surface area contributed by atoms with E-state index in [-0.39, 0.29) is 0 Å². The molecular formula is C15H27NO. The third kappa shape index (κ3) is 2.53. The Morgan fingerprint density at radius 3 is 2.53 bits per heavy atom. The quantitative estimate of drug-likeness (QED) is 0.813. The molecule has 0 aromatic rings. The van der Waals surface area contributed by atoms with Crippen LogP contribution in [0.1, 0.15) is 64.7 Å². The fourth-order valence-corrected chi connectivity index (χ4v) is 3.92. The van der Waals surface area contributed by atoms with E-state index in [1.54, 1.807) is 0 Å². The molecule has 0 aromatic heterocycles. The van der Waals surface area contributed by atoms with Crippen LogP contribution in [0.5, 0.6) is 0 Å². The number of rotatable bonds is 3. The van der Waals surface area contributed by atoms with E-state index in [2.05, 4.69) is 12.2 Å². The van der Waals surface area contributed by atoms with Gasteiger partial charge in [0.25, 0.3) is 0 Å². The predicted molar refractivity (Wildman–Crippen MR) is 70.1 cm³/mol. The number of hydrogen-bond donors (Lipinski definition) is 1. The van der Waals surface area contributed by atoms with Gasteiger partial charge in [-0.15, -0.1) is 0 Å². The van der Waals surface area contributed by atoms with Crippen molar-refractivity contribution in [2.45, 2.75) is 76.4 Å². The minimum atomic E-state index is 0.298. The van der Waals surface area contributed by atoms with E-state index in [0.717, 1.165) is 12.6 Å². The smallest absolute Gasteiger partial charge is 0.0697 e. The van der Waals surface area contributed by atoms with Gasteiger partial charge in [0.05, 0.1) is 5.60 Å². The molecule has 17 heavy (non-hydrogen) atoms. The molecule has 3 fully saturated rings. The molecule has 3 aliphatic rings. The first-order valence-corrected chi connectivity index (χ1v) is 7.57. The molecule has 1 spiro atoms. The largest absolute Gasteiger partial charge is 0.375 e. The van der Waals surface area contributed by atoms with Crippen molar-refractivity contribution in [3.8, 4) is 0 Å². The molecule has 1 aliphatic heterocycles. The fraction of sp³-hybridized carbons (Fsp3) is 1.00. The molecule has 3 rings (SSSR count). The number of hydrogen-bond acceptors (Lipinski definition) is 2. The van der Waals surface area contributed by atoms with Crippen LogP contribution in [0.4, 0.5) is 0 Å². The van der Waals surface area contributed by atoms with Gasteiger partial charge in [0, 0.05) is 19.2 Å². The maximum Gasteiger partial charge on any atom is 0.0697 e. The lowest BCUT2D eigenvalue weighted by atomic mass is 9.73. The SMILES string of the molecule is CC1(CNC2CCOC3(CCC3)C2)CCCC1. The summed E-state index contributed by atoms with van der Waals surface area (Å²) in [5, 5.41) is 3.85. The Bertz CT molecular complexity index is 266. The molecule has 1 N–H and O–H groups in total. The lowest BCUT2D eigenvalue weighted by Gasteiger charge is -2.47. The molecule has 98 valence electrons. The lowest BCUT2D eigenvalue weighted by molar-refractivity contribution is -0.136. The summed E-state index contributed by atoms with van der Waals surface area (Å²) in [6.07, 6.45) is 12.2. The average molecular weight is 237 g/mol. The topological polar surface area (TPSA) is 21.3 Å². The Labute approximate surface area is 105 Å². The molecule has 2 saturated carbocycles. The zero-order valence-corrected chi connectivity index (χ0v) is 11.3. The van der Waals surface area contributed by atoms with Crippen molar-refractivity contribution in [1.29, 1.82) is 0 Å². The summed E-state index contributed by atoms with van der Waals surface area (Å²) in [6, 6.07) is 0.724. The van der Waals surface area contributed by atoms with Crippen LogP contribution in [0.2, 0.25) is 0 Å². The highest BCUT2D eigenvalue weighted by Crippen LogP contribution is 2.43. The van der Waals surface area contributed by atoms with Crippen molar-refractivity contribution in [2.75, 3.05) is 13.2 Å². The van der Waals surface area contributed by atoms with Crippen molar-refractivity contribution < 1.29 is 4.74 Å². The van der Waals surface area contributed by atoms with Gasteiger partial charge in [-0.2, -0.15) is 0 Å². The van der Waals surface area contributed by atoms with Crippen LogP contribution in [0.25, 0.3) is 0 Å². The van der Waals surface area contributed by atoms with Gasteiger partial charge in [0.1, 0.15) is 0 Å². The number of ether oxygens (including phenoxy) is 1. The monoisotopic (exact) mass is 237 g/mol. The van der Waals surface area contributed by atoms with Gasteiger partial charge >= 0.3 is 0 Å². The minimum Gasteiger partial charge on any atom is -0.375 e. The zero-order valence-electron chi connectivity index (χ0n) is 11.3. The molecule has 1 heterocycles. The van der Waals surface area contributed by atoms with Crippen LogP contribution in [0.15, 0.2) is 0 Å². The first kappa shape index (κ1) is 12.0. The highest BCUT2D eigenvalue weighted by molar-refractivity contribution is 4.96. The Morgan fingerprint density at radius 1 is 1.12 bits per heavy atom. The molecule has 0 bridgehead atoms. The maximum absolute atomic E-state index is 5.99. The van der Waals surface area contributed by atoms with Gasteiger partial charge < -0.3 is 10.1 Å². The van der Waals surface area contributed by atoms with Crippen molar-refractivity contribution in [3.05, 3.63) is 0 Å². The third-order valence-electron chi connectivity index (χ3n) is 5.39. The van der Waals surface area contributed by atoms with Gasteiger partial charge in [0.2, 0.25) is 0 Å². The maximum atomic E-state index is 5.99. The highest BCUT2D eigenvalue weighted by atomic mass is 16.5. The molecule has 1 atom stereocenters. The Kier molecular flexibility index (Phi) is 3.20. The van der Waals surface area contributed by atoms with E-state index < -0.39 is 0 Å². The van der Waals surface area contributed by atoms with Crippen LogP contribution < -0.4 is 5.32 Å². The Balaban J connectivity index is 1.48. The zero-order chi connectivity index (χ0) is 11.8. The molecule has 0 radical (unpaired) electrons. The first-order chi connectivity index (χ1) is 8.20. The van der Waals surface area contributed by atoms with Crippen molar-refractivity contribution >= 4 is 0 Å². The van der Waals surface area contributed by atoms with Crippen LogP contribution in [-0.4, -0.2) is 24.8 Å². The predicted octanol–water partition coefficient (Wildman–Crippen LogP) is 3.26. The fourth-order valence-electron chi connectivity index (χ4n) is 3.92. The summed E-state index contributed by atoms with van der Waals surface area (Å²) in [7, 11) is 0. The summed E-state index contributed by atoms with van der Waals surface area (Å²) in [6.45, 7) is 4.67. The van der Waals surface area contributed by atoms with Gasteiger partial charge in [-0.05, 0) is 50.4 Å². The van der Waals surface area contributed by atoms with E-state index in [1.807, 2.05) is 0 Å². The minimum absolute atomic E-state index is 0.298. The Morgan fingerprint density at radius 2 is 1.88 bits per heavy atom. The summed E-state index contributed by atoms with van der Waals surface area (Å²) in [5.74, 6) is 0. The van der Waals surface area contributed by atoms with Crippen molar-refractivity contribution in [3.63, 3.8) is 0 Å². The van der Waals surface area contributed by atoms with Gasteiger partial charge in [-0.25, -0.2) is 0 Å². The summed E-state index contributed by atoms with van der Waals surface area (Å²) < 4.78 is 5.99. The van der Waals surface area contributed by atoms with E-state index in [9.17, 15) is 0 Å². The second-order valence-electron chi connectivity index (χ2n) is 6.97. The Hall–Kier alpha value is -0.0800. The highest BCUT2D eigenvalue weighted by Gasteiger charge is 2.42. The lowest BCUT2D eigenvalue weighted by Crippen LogP contribution is -2.52. The van der Waals surface area contributed by atoms with Crippen molar-refractivity contribution in [1.82, 2.24) is 5.32 Å².